The van der Waals surface area contributed by atoms with E-state index in [0.717, 1.165) is 11.1 Å². The third-order valence-corrected chi connectivity index (χ3v) is 7.80. The number of ether oxygens (including phenoxy) is 4. The maximum Gasteiger partial charge on any atom is 0.187 e. The van der Waals surface area contributed by atoms with Crippen LogP contribution >= 0.6 is 0 Å². The zero-order valence-corrected chi connectivity index (χ0v) is 23.5. The molecule has 2 aliphatic heterocycles. The van der Waals surface area contributed by atoms with Crippen LogP contribution in [0.5, 0.6) is 11.5 Å². The van der Waals surface area contributed by atoms with Crippen molar-refractivity contribution in [3.05, 3.63) is 59.7 Å². The fourth-order valence-corrected chi connectivity index (χ4v) is 5.08. The second-order valence-electron chi connectivity index (χ2n) is 11.1. The molecule has 238 valence electrons. The third-order valence-electron chi connectivity index (χ3n) is 7.80. The largest absolute Gasteiger partial charge is 0.508 e. The van der Waals surface area contributed by atoms with E-state index in [9.17, 15) is 45.6 Å². The number of hydrogen-bond acceptors (Lipinski definition) is 13. The summed E-state index contributed by atoms with van der Waals surface area (Å²) in [7, 11) is 0. The molecule has 0 radical (unpaired) electrons. The number of carbonyl (C=O) groups is 1. The Morgan fingerprint density at radius 2 is 1.51 bits per heavy atom. The summed E-state index contributed by atoms with van der Waals surface area (Å²) < 4.78 is 23.0. The van der Waals surface area contributed by atoms with Gasteiger partial charge < -0.3 is 59.8 Å². The fraction of sp³-hybridized carbons (Fsp3) is 0.567. The van der Waals surface area contributed by atoms with Gasteiger partial charge in [-0.15, -0.1) is 0 Å². The predicted octanol–water partition coefficient (Wildman–Crippen LogP) is -0.728. The Balaban J connectivity index is 1.50. The first-order valence-corrected chi connectivity index (χ1v) is 14.2. The molecule has 0 unspecified atom stereocenters. The number of aryl methyl sites for hydroxylation is 2. The van der Waals surface area contributed by atoms with Gasteiger partial charge in [-0.05, 0) is 54.7 Å². The van der Waals surface area contributed by atoms with Crippen molar-refractivity contribution in [1.29, 1.82) is 0 Å². The van der Waals surface area contributed by atoms with Crippen LogP contribution in [0, 0.1) is 0 Å². The summed E-state index contributed by atoms with van der Waals surface area (Å²) in [4.78, 5) is 13.1. The van der Waals surface area contributed by atoms with Gasteiger partial charge >= 0.3 is 0 Å². The molecule has 9 atom stereocenters. The Morgan fingerprint density at radius 3 is 2.07 bits per heavy atom. The zero-order chi connectivity index (χ0) is 31.1. The summed E-state index contributed by atoms with van der Waals surface area (Å²) in [6, 6.07) is 13.0. The van der Waals surface area contributed by atoms with Crippen LogP contribution in [0.3, 0.4) is 0 Å². The maximum atomic E-state index is 13.1. The predicted molar refractivity (Wildman–Crippen MR) is 148 cm³/mol. The lowest BCUT2D eigenvalue weighted by atomic mass is 9.97. The van der Waals surface area contributed by atoms with E-state index in [1.807, 2.05) is 0 Å². The maximum absolute atomic E-state index is 13.1. The topological polar surface area (TPSA) is 216 Å². The van der Waals surface area contributed by atoms with Gasteiger partial charge in [0, 0.05) is 12.8 Å². The number of phenols is 2. The SMILES string of the molecule is O=C(CCc1ccc(O)cc1)C[C@H](CCc1ccc(O)cc1)O[C@@H]1O[C@H](CO)[C@@H](O)[C@H](O)[C@H]1O[C@@H]1OC[C@](O)(CO)[C@H]1O. The average Bonchev–Trinajstić information content (AvgIpc) is 3.29. The van der Waals surface area contributed by atoms with Crippen LogP contribution in [0.2, 0.25) is 0 Å². The van der Waals surface area contributed by atoms with Crippen LogP contribution in [-0.4, -0.2) is 121 Å². The van der Waals surface area contributed by atoms with Crippen molar-refractivity contribution < 1.29 is 64.6 Å². The molecule has 0 bridgehead atoms. The summed E-state index contributed by atoms with van der Waals surface area (Å²) in [6.07, 6.45) is -10.2. The minimum absolute atomic E-state index is 0.0575. The van der Waals surface area contributed by atoms with Crippen molar-refractivity contribution in [1.82, 2.24) is 0 Å². The van der Waals surface area contributed by atoms with Gasteiger partial charge in [0.1, 0.15) is 53.4 Å². The van der Waals surface area contributed by atoms with E-state index in [4.69, 9.17) is 18.9 Å². The van der Waals surface area contributed by atoms with Gasteiger partial charge in [0.2, 0.25) is 0 Å². The highest BCUT2D eigenvalue weighted by atomic mass is 16.8. The Bertz CT molecular complexity index is 1160. The average molecular weight is 609 g/mol. The van der Waals surface area contributed by atoms with Gasteiger partial charge in [-0.3, -0.25) is 4.79 Å². The number of carbonyl (C=O) groups excluding carboxylic acids is 1. The highest BCUT2D eigenvalue weighted by molar-refractivity contribution is 5.79. The molecule has 4 rings (SSSR count). The Morgan fingerprint density at radius 1 is 0.907 bits per heavy atom. The smallest absolute Gasteiger partial charge is 0.187 e. The van der Waals surface area contributed by atoms with Crippen LogP contribution in [0.25, 0.3) is 0 Å². The fourth-order valence-electron chi connectivity index (χ4n) is 5.08. The number of aliphatic hydroxyl groups is 6. The van der Waals surface area contributed by atoms with E-state index < -0.39 is 74.6 Å². The number of hydrogen-bond donors (Lipinski definition) is 8. The molecule has 8 N–H and O–H groups in total. The van der Waals surface area contributed by atoms with Crippen LogP contribution in [-0.2, 0) is 36.6 Å². The molecule has 2 aromatic rings. The molecular formula is C30H40O13. The van der Waals surface area contributed by atoms with E-state index in [1.54, 1.807) is 24.3 Å². The molecule has 13 heteroatoms. The number of phenolic OH excluding ortho intramolecular Hbond substituents is 2. The number of aliphatic hydroxyl groups excluding tert-OH is 5. The highest BCUT2D eigenvalue weighted by Crippen LogP contribution is 2.32. The van der Waals surface area contributed by atoms with E-state index in [0.29, 0.717) is 19.3 Å². The van der Waals surface area contributed by atoms with E-state index in [1.165, 1.54) is 24.3 Å². The van der Waals surface area contributed by atoms with Crippen LogP contribution < -0.4 is 0 Å². The van der Waals surface area contributed by atoms with E-state index in [2.05, 4.69) is 0 Å². The lowest BCUT2D eigenvalue weighted by molar-refractivity contribution is -0.343. The van der Waals surface area contributed by atoms with Gasteiger partial charge in [0.25, 0.3) is 0 Å². The van der Waals surface area contributed by atoms with E-state index >= 15 is 0 Å². The number of rotatable bonds is 14. The third kappa shape index (κ3) is 8.48. The summed E-state index contributed by atoms with van der Waals surface area (Å²) in [5.74, 6) is 0.0783. The molecule has 0 amide bonds. The van der Waals surface area contributed by atoms with Gasteiger partial charge in [0.15, 0.2) is 12.6 Å². The summed E-state index contributed by atoms with van der Waals surface area (Å²) in [6.45, 7) is -1.95. The van der Waals surface area contributed by atoms with Crippen molar-refractivity contribution in [3.8, 4) is 11.5 Å². The number of benzene rings is 2. The monoisotopic (exact) mass is 608 g/mol. The summed E-state index contributed by atoms with van der Waals surface area (Å²) >= 11 is 0. The first-order chi connectivity index (χ1) is 20.5. The first kappa shape index (κ1) is 33.2. The van der Waals surface area contributed by atoms with Crippen molar-refractivity contribution in [3.63, 3.8) is 0 Å². The summed E-state index contributed by atoms with van der Waals surface area (Å²) in [5.41, 5.74) is -0.294. The second kappa shape index (κ2) is 14.9. The molecule has 2 aromatic carbocycles. The second-order valence-corrected chi connectivity index (χ2v) is 11.1. The zero-order valence-electron chi connectivity index (χ0n) is 23.5. The lowest BCUT2D eigenvalue weighted by Gasteiger charge is -2.43. The standard InChI is InChI=1S/C30H40O13/c31-14-23-24(36)25(37)26(43-29-27(38)30(39,15-32)16-40-29)28(42-23)41-22(12-6-18-3-9-20(34)10-4-18)13-21(35)11-5-17-1-7-19(33)8-2-17/h1-4,7-10,22-29,31-34,36-39H,5-6,11-16H2/t22-,23+,24+,25-,26+,27-,28+,29-,30+/m0/s1. The van der Waals surface area contributed by atoms with Gasteiger partial charge in [-0.2, -0.15) is 0 Å². The molecule has 0 saturated carbocycles. The first-order valence-electron chi connectivity index (χ1n) is 14.2. The molecule has 2 fully saturated rings. The quantitative estimate of drug-likeness (QED) is 0.133. The Labute approximate surface area is 248 Å². The molecular weight excluding hydrogens is 568 g/mol. The minimum Gasteiger partial charge on any atom is -0.508 e. The molecule has 0 spiro atoms. The number of Topliss-reactive ketones (excluding diaryl/α,β-unsaturated/α-hetero) is 1. The highest BCUT2D eigenvalue weighted by Gasteiger charge is 2.53. The summed E-state index contributed by atoms with van der Waals surface area (Å²) in [5, 5.41) is 80.5. The number of ketones is 1. The molecule has 2 aliphatic rings. The molecule has 2 saturated heterocycles. The molecule has 13 nitrogen and oxygen atoms in total. The molecule has 43 heavy (non-hydrogen) atoms. The Hall–Kier alpha value is -2.69. The molecule has 0 aromatic heterocycles. The van der Waals surface area contributed by atoms with Crippen molar-refractivity contribution in [2.75, 3.05) is 19.8 Å². The van der Waals surface area contributed by atoms with Crippen LogP contribution in [0.1, 0.15) is 30.4 Å². The number of aromatic hydroxyl groups is 2. The van der Waals surface area contributed by atoms with Crippen molar-refractivity contribution in [2.24, 2.45) is 0 Å². The lowest BCUT2D eigenvalue weighted by Crippen LogP contribution is -2.62. The Kier molecular flexibility index (Phi) is 11.5. The van der Waals surface area contributed by atoms with Gasteiger partial charge in [-0.1, -0.05) is 24.3 Å². The normalized spacial score (nSPS) is 31.6. The van der Waals surface area contributed by atoms with Crippen molar-refractivity contribution in [2.45, 2.75) is 86.9 Å². The molecule has 0 aliphatic carbocycles. The van der Waals surface area contributed by atoms with Gasteiger partial charge in [0.05, 0.1) is 25.9 Å². The van der Waals surface area contributed by atoms with E-state index in [-0.39, 0.29) is 30.1 Å². The van der Waals surface area contributed by atoms with Crippen LogP contribution in [0.15, 0.2) is 48.5 Å². The van der Waals surface area contributed by atoms with Crippen LogP contribution in [0.4, 0.5) is 0 Å². The van der Waals surface area contributed by atoms with Crippen molar-refractivity contribution >= 4 is 5.78 Å². The minimum atomic E-state index is -2.01. The van der Waals surface area contributed by atoms with Gasteiger partial charge in [-0.25, -0.2) is 0 Å². The molecule has 2 heterocycles.